The molecule has 0 radical (unpaired) electrons. The number of hydrogen-bond acceptors (Lipinski definition) is 5. The Kier molecular flexibility index (Phi) is 4.72. The number of anilines is 1. The number of benzodiazepines with no additional fused rings is 1. The topological polar surface area (TPSA) is 62.7 Å². The predicted molar refractivity (Wildman–Crippen MR) is 103 cm³/mol. The second-order valence-electron chi connectivity index (χ2n) is 6.44. The average molecular weight is 389 g/mol. The lowest BCUT2D eigenvalue weighted by Crippen LogP contribution is -2.37. The fourth-order valence-corrected chi connectivity index (χ4v) is 3.53. The number of hydrogen-bond donors (Lipinski definition) is 1. The Labute approximate surface area is 161 Å². The van der Waals surface area contributed by atoms with E-state index in [-0.39, 0.29) is 30.0 Å². The molecule has 2 aliphatic rings. The molecule has 4 rings (SSSR count). The van der Waals surface area contributed by atoms with Crippen molar-refractivity contribution < 1.29 is 14.0 Å². The highest BCUT2D eigenvalue weighted by Crippen LogP contribution is 2.30. The Hall–Kier alpha value is -2.64. The Morgan fingerprint density at radius 1 is 1.33 bits per heavy atom. The van der Waals surface area contributed by atoms with Gasteiger partial charge in [0.15, 0.2) is 6.54 Å². The number of hydroxylamine groups is 1. The van der Waals surface area contributed by atoms with Crippen LogP contribution in [-0.4, -0.2) is 54.0 Å². The number of fused-ring (bicyclic) bond motifs is 1. The van der Waals surface area contributed by atoms with Crippen LogP contribution in [0.4, 0.5) is 10.1 Å². The van der Waals surface area contributed by atoms with Gasteiger partial charge < -0.3 is 15.4 Å². The third-order valence-electron chi connectivity index (χ3n) is 4.70. The Balaban J connectivity index is 1.77. The SMILES string of the molecule is CO/N=C/C1CN1C1C[N+]([O-])=C(c2ccccc2F)c2cc(Cl)ccc2N1. The van der Waals surface area contributed by atoms with Gasteiger partial charge in [0.2, 0.25) is 5.71 Å². The molecule has 1 saturated heterocycles. The predicted octanol–water partition coefficient (Wildman–Crippen LogP) is 2.89. The Bertz CT molecular complexity index is 934. The summed E-state index contributed by atoms with van der Waals surface area (Å²) in [6, 6.07) is 11.6. The van der Waals surface area contributed by atoms with Crippen LogP contribution in [0.2, 0.25) is 5.02 Å². The molecule has 27 heavy (non-hydrogen) atoms. The summed E-state index contributed by atoms with van der Waals surface area (Å²) < 4.78 is 15.3. The summed E-state index contributed by atoms with van der Waals surface area (Å²) in [6.45, 7) is 0.892. The fourth-order valence-electron chi connectivity index (χ4n) is 3.36. The van der Waals surface area contributed by atoms with E-state index >= 15 is 0 Å². The fraction of sp³-hybridized carbons (Fsp3) is 0.263. The van der Waals surface area contributed by atoms with E-state index in [0.29, 0.717) is 10.6 Å². The van der Waals surface area contributed by atoms with Crippen molar-refractivity contribution in [1.82, 2.24) is 4.90 Å². The third kappa shape index (κ3) is 3.48. The monoisotopic (exact) mass is 388 g/mol. The first kappa shape index (κ1) is 17.8. The van der Waals surface area contributed by atoms with Gasteiger partial charge in [0.1, 0.15) is 19.1 Å². The van der Waals surface area contributed by atoms with E-state index in [1.807, 2.05) is 6.07 Å². The zero-order chi connectivity index (χ0) is 19.0. The van der Waals surface area contributed by atoms with E-state index in [1.54, 1.807) is 36.5 Å². The molecule has 0 aromatic heterocycles. The minimum atomic E-state index is -0.449. The average Bonchev–Trinajstić information content (AvgIpc) is 3.43. The third-order valence-corrected chi connectivity index (χ3v) is 4.94. The van der Waals surface area contributed by atoms with Gasteiger partial charge in [0.05, 0.1) is 23.4 Å². The summed E-state index contributed by atoms with van der Waals surface area (Å²) in [5.41, 5.74) is 1.83. The lowest BCUT2D eigenvalue weighted by molar-refractivity contribution is -0.461. The molecule has 0 amide bonds. The van der Waals surface area contributed by atoms with E-state index < -0.39 is 5.82 Å². The first-order chi connectivity index (χ1) is 13.1. The van der Waals surface area contributed by atoms with Crippen molar-refractivity contribution in [2.24, 2.45) is 5.16 Å². The molecule has 8 heteroatoms. The largest absolute Gasteiger partial charge is 0.623 e. The summed E-state index contributed by atoms with van der Waals surface area (Å²) in [6.07, 6.45) is 1.45. The quantitative estimate of drug-likeness (QED) is 0.287. The zero-order valence-electron chi connectivity index (χ0n) is 14.6. The number of oxime groups is 1. The van der Waals surface area contributed by atoms with Gasteiger partial charge in [-0.2, -0.15) is 0 Å². The highest BCUT2D eigenvalue weighted by molar-refractivity contribution is 6.31. The lowest BCUT2D eigenvalue weighted by atomic mass is 10.00. The van der Waals surface area contributed by atoms with E-state index in [9.17, 15) is 9.60 Å². The van der Waals surface area contributed by atoms with Gasteiger partial charge in [-0.3, -0.25) is 4.90 Å². The van der Waals surface area contributed by atoms with Crippen molar-refractivity contribution in [1.29, 1.82) is 0 Å². The second kappa shape index (κ2) is 7.17. The van der Waals surface area contributed by atoms with Crippen molar-refractivity contribution in [3.63, 3.8) is 0 Å². The summed E-state index contributed by atoms with van der Waals surface area (Å²) in [5, 5.41) is 20.7. The Morgan fingerprint density at radius 3 is 2.93 bits per heavy atom. The first-order valence-corrected chi connectivity index (χ1v) is 8.91. The van der Waals surface area contributed by atoms with E-state index in [2.05, 4.69) is 15.4 Å². The summed E-state index contributed by atoms with van der Waals surface area (Å²) >= 11 is 6.16. The zero-order valence-corrected chi connectivity index (χ0v) is 15.4. The molecule has 2 aromatic carbocycles. The van der Waals surface area contributed by atoms with Crippen LogP contribution >= 0.6 is 11.6 Å². The van der Waals surface area contributed by atoms with Crippen LogP contribution in [0.3, 0.4) is 0 Å². The number of rotatable bonds is 4. The maximum Gasteiger partial charge on any atom is 0.230 e. The van der Waals surface area contributed by atoms with Crippen LogP contribution in [0, 0.1) is 11.0 Å². The van der Waals surface area contributed by atoms with Crippen molar-refractivity contribution in [3.8, 4) is 0 Å². The van der Waals surface area contributed by atoms with Crippen molar-refractivity contribution in [2.75, 3.05) is 25.5 Å². The molecule has 0 spiro atoms. The number of nitrogens with zero attached hydrogens (tertiary/aromatic N) is 3. The minimum absolute atomic E-state index is 0.0987. The van der Waals surface area contributed by atoms with Crippen molar-refractivity contribution in [2.45, 2.75) is 12.2 Å². The van der Waals surface area contributed by atoms with Crippen LogP contribution < -0.4 is 5.32 Å². The number of halogens is 2. The molecule has 1 fully saturated rings. The maximum absolute atomic E-state index is 14.5. The van der Waals surface area contributed by atoms with Crippen LogP contribution in [-0.2, 0) is 4.84 Å². The highest BCUT2D eigenvalue weighted by atomic mass is 35.5. The van der Waals surface area contributed by atoms with Crippen molar-refractivity contribution >= 4 is 29.2 Å². The van der Waals surface area contributed by atoms with Gasteiger partial charge in [-0.05, 0) is 30.3 Å². The molecule has 0 aliphatic carbocycles. The minimum Gasteiger partial charge on any atom is -0.623 e. The van der Waals surface area contributed by atoms with Gasteiger partial charge in [-0.1, -0.05) is 28.9 Å². The normalized spacial score (nSPS) is 24.3. The number of benzene rings is 2. The second-order valence-corrected chi connectivity index (χ2v) is 6.88. The Morgan fingerprint density at radius 2 is 2.15 bits per heavy atom. The molecular weight excluding hydrogens is 371 g/mol. The van der Waals surface area contributed by atoms with Gasteiger partial charge in [0, 0.05) is 17.3 Å². The molecule has 6 nitrogen and oxygen atoms in total. The maximum atomic E-state index is 14.5. The molecule has 3 unspecified atom stereocenters. The van der Waals surface area contributed by atoms with E-state index in [0.717, 1.165) is 17.0 Å². The first-order valence-electron chi connectivity index (χ1n) is 8.54. The van der Waals surface area contributed by atoms with Crippen LogP contribution in [0.1, 0.15) is 11.1 Å². The summed E-state index contributed by atoms with van der Waals surface area (Å²) in [5.74, 6) is -0.449. The van der Waals surface area contributed by atoms with Crippen LogP contribution in [0.25, 0.3) is 0 Å². The number of nitrogens with one attached hydrogen (secondary N) is 1. The van der Waals surface area contributed by atoms with E-state index in [1.165, 1.54) is 13.2 Å². The molecule has 1 N–H and O–H groups in total. The van der Waals surface area contributed by atoms with Crippen molar-refractivity contribution in [3.05, 3.63) is 69.6 Å². The summed E-state index contributed by atoms with van der Waals surface area (Å²) in [4.78, 5) is 6.80. The molecule has 0 saturated carbocycles. The van der Waals surface area contributed by atoms with Gasteiger partial charge in [-0.25, -0.2) is 9.13 Å². The van der Waals surface area contributed by atoms with Crippen LogP contribution in [0.15, 0.2) is 47.6 Å². The van der Waals surface area contributed by atoms with Gasteiger partial charge >= 0.3 is 0 Å². The molecule has 3 atom stereocenters. The van der Waals surface area contributed by atoms with Gasteiger partial charge in [-0.15, -0.1) is 0 Å². The van der Waals surface area contributed by atoms with Crippen LogP contribution in [0.5, 0.6) is 0 Å². The molecule has 2 aromatic rings. The molecule has 140 valence electrons. The lowest BCUT2D eigenvalue weighted by Gasteiger charge is -2.18. The smallest absolute Gasteiger partial charge is 0.230 e. The van der Waals surface area contributed by atoms with E-state index in [4.69, 9.17) is 16.4 Å². The van der Waals surface area contributed by atoms with Gasteiger partial charge in [0.25, 0.3) is 0 Å². The summed E-state index contributed by atoms with van der Waals surface area (Å²) in [7, 11) is 1.49. The highest BCUT2D eigenvalue weighted by Gasteiger charge is 2.42. The standard InChI is InChI=1S/C19H18ClFN4O2/c1-27-22-9-13-10-24(13)18-11-25(26)19(14-4-2-3-5-16(14)21)15-8-12(20)6-7-17(15)23-18/h2-9,13,18,23H,10-11H2,1H3/b22-9+. The molecule has 2 aliphatic heterocycles. The molecular formula is C19H18ClFN4O2. The molecule has 2 heterocycles. The molecule has 0 bridgehead atoms.